The van der Waals surface area contributed by atoms with Gasteiger partial charge >= 0.3 is 0 Å². The van der Waals surface area contributed by atoms with Crippen molar-refractivity contribution in [1.82, 2.24) is 10.6 Å². The first kappa shape index (κ1) is 16.4. The molecule has 3 N–H and O–H groups in total. The van der Waals surface area contributed by atoms with Crippen molar-refractivity contribution >= 4 is 5.70 Å². The average molecular weight is 324 g/mol. The third-order valence-corrected chi connectivity index (χ3v) is 4.32. The van der Waals surface area contributed by atoms with E-state index in [1.807, 2.05) is 36.4 Å². The predicted molar refractivity (Wildman–Crippen MR) is 96.7 cm³/mol. The molecular weight excluding hydrogens is 300 g/mol. The van der Waals surface area contributed by atoms with E-state index in [1.165, 1.54) is 0 Å². The Kier molecular flexibility index (Phi) is 4.76. The van der Waals surface area contributed by atoms with Crippen LogP contribution in [0, 0.1) is 5.92 Å². The van der Waals surface area contributed by atoms with Crippen LogP contribution in [0.5, 0.6) is 11.5 Å². The van der Waals surface area contributed by atoms with E-state index in [1.54, 1.807) is 13.2 Å². The van der Waals surface area contributed by atoms with Crippen LogP contribution in [0.2, 0.25) is 0 Å². The van der Waals surface area contributed by atoms with Crippen LogP contribution in [0.3, 0.4) is 0 Å². The van der Waals surface area contributed by atoms with Gasteiger partial charge in [-0.1, -0.05) is 44.2 Å². The molecule has 0 bridgehead atoms. The largest absolute Gasteiger partial charge is 0.508 e. The van der Waals surface area contributed by atoms with Crippen molar-refractivity contribution in [2.45, 2.75) is 26.1 Å². The first-order valence-corrected chi connectivity index (χ1v) is 8.25. The summed E-state index contributed by atoms with van der Waals surface area (Å²) in [5, 5.41) is 17.3. The highest BCUT2D eigenvalue weighted by Gasteiger charge is 2.26. The number of hydrogen-bond acceptors (Lipinski definition) is 4. The summed E-state index contributed by atoms with van der Waals surface area (Å²) in [6.07, 6.45) is 2.23. The van der Waals surface area contributed by atoms with Gasteiger partial charge in [0.05, 0.1) is 19.3 Å². The van der Waals surface area contributed by atoms with Crippen LogP contribution in [-0.4, -0.2) is 18.4 Å². The molecule has 4 nitrogen and oxygen atoms in total. The third-order valence-electron chi connectivity index (χ3n) is 4.32. The quantitative estimate of drug-likeness (QED) is 0.803. The Morgan fingerprint density at radius 1 is 1.08 bits per heavy atom. The van der Waals surface area contributed by atoms with Crippen molar-refractivity contribution in [3.63, 3.8) is 0 Å². The highest BCUT2D eigenvalue weighted by Crippen LogP contribution is 2.31. The molecule has 2 aromatic rings. The maximum Gasteiger partial charge on any atom is 0.120 e. The second kappa shape index (κ2) is 6.97. The lowest BCUT2D eigenvalue weighted by molar-refractivity contribution is 0.335. The van der Waals surface area contributed by atoms with Gasteiger partial charge in [-0.2, -0.15) is 0 Å². The van der Waals surface area contributed by atoms with Gasteiger partial charge in [-0.3, -0.25) is 5.32 Å². The number of aromatic hydroxyl groups is 1. The molecule has 0 radical (unpaired) electrons. The molecule has 3 rings (SSSR count). The Hall–Kier alpha value is -2.46. The molecule has 0 saturated carbocycles. The molecule has 1 heterocycles. The molecule has 0 amide bonds. The second-order valence-electron chi connectivity index (χ2n) is 6.38. The molecule has 0 aromatic heterocycles. The fourth-order valence-corrected chi connectivity index (χ4v) is 2.92. The summed E-state index contributed by atoms with van der Waals surface area (Å²) in [7, 11) is 1.67. The zero-order chi connectivity index (χ0) is 17.1. The third kappa shape index (κ3) is 3.39. The molecular formula is C20H24N2O2. The number of methoxy groups -OCH3 is 1. The molecule has 0 saturated heterocycles. The minimum absolute atomic E-state index is 0.0546. The SMILES string of the molecule is COc1cccc(C2=CC(c3ccccc3O)NC(C(C)C)N2)c1. The lowest BCUT2D eigenvalue weighted by Crippen LogP contribution is -2.49. The van der Waals surface area contributed by atoms with Gasteiger partial charge in [0, 0.05) is 16.8 Å². The minimum Gasteiger partial charge on any atom is -0.508 e. The number of phenols is 1. The van der Waals surface area contributed by atoms with E-state index in [0.29, 0.717) is 11.7 Å². The molecule has 1 aliphatic heterocycles. The van der Waals surface area contributed by atoms with Crippen molar-refractivity contribution in [3.8, 4) is 11.5 Å². The Labute approximate surface area is 143 Å². The summed E-state index contributed by atoms with van der Waals surface area (Å²) in [6.45, 7) is 4.34. The van der Waals surface area contributed by atoms with Crippen LogP contribution >= 0.6 is 0 Å². The highest BCUT2D eigenvalue weighted by molar-refractivity contribution is 5.67. The lowest BCUT2D eigenvalue weighted by Gasteiger charge is -2.35. The molecule has 1 aliphatic rings. The standard InChI is InChI=1S/C20H24N2O2/c1-13(2)20-21-17(14-7-6-8-15(11-14)24-3)12-18(22-20)16-9-4-5-10-19(16)23/h4-13,18,20-23H,1-3H3. The zero-order valence-corrected chi connectivity index (χ0v) is 14.3. The maximum absolute atomic E-state index is 10.2. The number of rotatable bonds is 4. The number of nitrogens with one attached hydrogen (secondary N) is 2. The van der Waals surface area contributed by atoms with Crippen molar-refractivity contribution in [3.05, 3.63) is 65.7 Å². The number of benzene rings is 2. The topological polar surface area (TPSA) is 53.5 Å². The lowest BCUT2D eigenvalue weighted by atomic mass is 9.97. The van der Waals surface area contributed by atoms with E-state index < -0.39 is 0 Å². The highest BCUT2D eigenvalue weighted by atomic mass is 16.5. The van der Waals surface area contributed by atoms with E-state index in [2.05, 4.69) is 36.6 Å². The maximum atomic E-state index is 10.2. The first-order valence-electron chi connectivity index (χ1n) is 8.25. The molecule has 24 heavy (non-hydrogen) atoms. The molecule has 2 atom stereocenters. The van der Waals surface area contributed by atoms with E-state index >= 15 is 0 Å². The monoisotopic (exact) mass is 324 g/mol. The zero-order valence-electron chi connectivity index (χ0n) is 14.3. The smallest absolute Gasteiger partial charge is 0.120 e. The van der Waals surface area contributed by atoms with Crippen LogP contribution in [0.25, 0.3) is 5.70 Å². The van der Waals surface area contributed by atoms with Gasteiger partial charge in [0.25, 0.3) is 0 Å². The van der Waals surface area contributed by atoms with Gasteiger partial charge in [0.2, 0.25) is 0 Å². The predicted octanol–water partition coefficient (Wildman–Crippen LogP) is 3.66. The Morgan fingerprint density at radius 2 is 1.88 bits per heavy atom. The number of phenolic OH excluding ortho intramolecular Hbond substituents is 1. The van der Waals surface area contributed by atoms with Gasteiger partial charge < -0.3 is 15.2 Å². The van der Waals surface area contributed by atoms with Crippen LogP contribution in [0.15, 0.2) is 54.6 Å². The van der Waals surface area contributed by atoms with Crippen molar-refractivity contribution in [2.24, 2.45) is 5.92 Å². The average Bonchev–Trinajstić information content (AvgIpc) is 2.61. The van der Waals surface area contributed by atoms with Gasteiger partial charge in [-0.25, -0.2) is 0 Å². The summed E-state index contributed by atoms with van der Waals surface area (Å²) in [5.74, 6) is 1.53. The van der Waals surface area contributed by atoms with Crippen LogP contribution in [0.4, 0.5) is 0 Å². The van der Waals surface area contributed by atoms with Gasteiger partial charge in [0.1, 0.15) is 11.5 Å². The Morgan fingerprint density at radius 3 is 2.58 bits per heavy atom. The van der Waals surface area contributed by atoms with Crippen LogP contribution in [-0.2, 0) is 0 Å². The second-order valence-corrected chi connectivity index (χ2v) is 6.38. The van der Waals surface area contributed by atoms with Gasteiger partial charge in [-0.15, -0.1) is 0 Å². The van der Waals surface area contributed by atoms with E-state index in [9.17, 15) is 5.11 Å². The minimum atomic E-state index is -0.0546. The molecule has 4 heteroatoms. The van der Waals surface area contributed by atoms with Gasteiger partial charge in [0.15, 0.2) is 0 Å². The molecule has 2 aromatic carbocycles. The molecule has 0 fully saturated rings. The number of hydrogen-bond donors (Lipinski definition) is 3. The molecule has 0 spiro atoms. The Bertz CT molecular complexity index is 740. The van der Waals surface area contributed by atoms with Crippen LogP contribution in [0.1, 0.15) is 31.0 Å². The molecule has 126 valence electrons. The van der Waals surface area contributed by atoms with E-state index in [-0.39, 0.29) is 12.2 Å². The number of ether oxygens (including phenoxy) is 1. The summed E-state index contributed by atoms with van der Waals surface area (Å²) in [5.41, 5.74) is 2.99. The molecule has 2 unspecified atom stereocenters. The van der Waals surface area contributed by atoms with Crippen LogP contribution < -0.4 is 15.4 Å². The summed E-state index contributed by atoms with van der Waals surface area (Å²) < 4.78 is 5.34. The summed E-state index contributed by atoms with van der Waals surface area (Å²) >= 11 is 0. The first-order chi connectivity index (χ1) is 11.6. The van der Waals surface area contributed by atoms with Crippen molar-refractivity contribution in [1.29, 1.82) is 0 Å². The molecule has 0 aliphatic carbocycles. The summed E-state index contributed by atoms with van der Waals surface area (Å²) in [4.78, 5) is 0. The fourth-order valence-electron chi connectivity index (χ4n) is 2.92. The number of para-hydroxylation sites is 1. The fraction of sp³-hybridized carbons (Fsp3) is 0.300. The Balaban J connectivity index is 2.01. The van der Waals surface area contributed by atoms with Crippen molar-refractivity contribution in [2.75, 3.05) is 7.11 Å². The summed E-state index contributed by atoms with van der Waals surface area (Å²) in [6, 6.07) is 15.4. The normalized spacial score (nSPS) is 20.4. The van der Waals surface area contributed by atoms with E-state index in [4.69, 9.17) is 4.74 Å². The van der Waals surface area contributed by atoms with Crippen molar-refractivity contribution < 1.29 is 9.84 Å². The van der Waals surface area contributed by atoms with E-state index in [0.717, 1.165) is 22.6 Å². The van der Waals surface area contributed by atoms with Gasteiger partial charge in [-0.05, 0) is 30.2 Å².